The molecule has 0 amide bonds. The first-order valence-electron chi connectivity index (χ1n) is 5.12. The van der Waals surface area contributed by atoms with Gasteiger partial charge in [0, 0.05) is 6.42 Å². The Hall–Kier alpha value is -1.76. The fraction of sp³-hybridized carbons (Fsp3) is 0.455. The van der Waals surface area contributed by atoms with Gasteiger partial charge >= 0.3 is 5.97 Å². The minimum Gasteiger partial charge on any atom is -0.463 e. The highest BCUT2D eigenvalue weighted by Gasteiger charge is 2.16. The Morgan fingerprint density at radius 3 is 2.61 bits per heavy atom. The summed E-state index contributed by atoms with van der Waals surface area (Å²) in [7, 11) is 1.19. The fourth-order valence-corrected chi connectivity index (χ4v) is 1.16. The van der Waals surface area contributed by atoms with E-state index in [1.807, 2.05) is 0 Å². The van der Waals surface area contributed by atoms with Crippen LogP contribution in [0.2, 0.25) is 0 Å². The molecule has 0 aliphatic heterocycles. The highest BCUT2D eigenvalue weighted by Crippen LogP contribution is 2.11. The SMILES string of the molecule is COC(=O)c1ccc(C(=O)CCOCC(F)F)o1. The van der Waals surface area contributed by atoms with E-state index >= 15 is 0 Å². The van der Waals surface area contributed by atoms with Crippen LogP contribution in [0.5, 0.6) is 0 Å². The smallest absolute Gasteiger partial charge is 0.373 e. The van der Waals surface area contributed by atoms with Crippen molar-refractivity contribution in [1.82, 2.24) is 0 Å². The number of esters is 1. The molecule has 1 aromatic rings. The van der Waals surface area contributed by atoms with E-state index in [1.165, 1.54) is 19.2 Å². The summed E-state index contributed by atoms with van der Waals surface area (Å²) in [6, 6.07) is 2.63. The maximum Gasteiger partial charge on any atom is 0.373 e. The Kier molecular flexibility index (Phi) is 5.44. The van der Waals surface area contributed by atoms with Gasteiger partial charge in [-0.1, -0.05) is 0 Å². The largest absolute Gasteiger partial charge is 0.463 e. The highest BCUT2D eigenvalue weighted by molar-refractivity contribution is 5.95. The number of carbonyl (C=O) groups is 2. The molecule has 0 saturated heterocycles. The van der Waals surface area contributed by atoms with Crippen molar-refractivity contribution in [1.29, 1.82) is 0 Å². The van der Waals surface area contributed by atoms with Crippen molar-refractivity contribution in [3.05, 3.63) is 23.7 Å². The average molecular weight is 262 g/mol. The number of rotatable bonds is 7. The normalized spacial score (nSPS) is 10.7. The van der Waals surface area contributed by atoms with E-state index < -0.39 is 24.8 Å². The minimum atomic E-state index is -2.56. The zero-order valence-corrected chi connectivity index (χ0v) is 9.65. The van der Waals surface area contributed by atoms with Crippen LogP contribution >= 0.6 is 0 Å². The maximum atomic E-state index is 11.7. The van der Waals surface area contributed by atoms with Crippen LogP contribution in [0.4, 0.5) is 8.78 Å². The standard InChI is InChI=1S/C11H12F2O5/c1-16-11(15)9-3-2-8(18-9)7(14)4-5-17-6-10(12)13/h2-3,10H,4-6H2,1H3. The van der Waals surface area contributed by atoms with Gasteiger partial charge in [0.2, 0.25) is 5.76 Å². The number of hydrogen-bond acceptors (Lipinski definition) is 5. The quantitative estimate of drug-likeness (QED) is 0.426. The van der Waals surface area contributed by atoms with Crippen LogP contribution in [0, 0.1) is 0 Å². The third-order valence-electron chi connectivity index (χ3n) is 1.98. The summed E-state index contributed by atoms with van der Waals surface area (Å²) >= 11 is 0. The first kappa shape index (κ1) is 14.3. The fourth-order valence-electron chi connectivity index (χ4n) is 1.16. The molecule has 0 radical (unpaired) electrons. The van der Waals surface area contributed by atoms with Gasteiger partial charge in [0.05, 0.1) is 13.7 Å². The molecule has 0 aliphatic carbocycles. The van der Waals surface area contributed by atoms with E-state index in [9.17, 15) is 18.4 Å². The van der Waals surface area contributed by atoms with E-state index in [0.29, 0.717) is 0 Å². The summed E-state index contributed by atoms with van der Waals surface area (Å²) in [5.41, 5.74) is 0. The van der Waals surface area contributed by atoms with Gasteiger partial charge in [0.1, 0.15) is 6.61 Å². The van der Waals surface area contributed by atoms with Gasteiger partial charge < -0.3 is 13.9 Å². The molecule has 1 rings (SSSR count). The molecule has 1 heterocycles. The average Bonchev–Trinajstić information content (AvgIpc) is 2.82. The molecule has 0 bridgehead atoms. The number of alkyl halides is 2. The van der Waals surface area contributed by atoms with Crippen molar-refractivity contribution in [3.8, 4) is 0 Å². The molecule has 0 aromatic carbocycles. The first-order valence-corrected chi connectivity index (χ1v) is 5.12. The lowest BCUT2D eigenvalue weighted by molar-refractivity contribution is 0.0167. The molecule has 100 valence electrons. The second-order valence-electron chi connectivity index (χ2n) is 3.29. The van der Waals surface area contributed by atoms with Crippen molar-refractivity contribution in [2.24, 2.45) is 0 Å². The molecule has 1 aromatic heterocycles. The number of ether oxygens (including phenoxy) is 2. The lowest BCUT2D eigenvalue weighted by Gasteiger charge is -2.01. The van der Waals surface area contributed by atoms with E-state index in [2.05, 4.69) is 9.47 Å². The Morgan fingerprint density at radius 2 is 2.00 bits per heavy atom. The number of hydrogen-bond donors (Lipinski definition) is 0. The third-order valence-corrected chi connectivity index (χ3v) is 1.98. The Bertz CT molecular complexity index is 413. The van der Waals surface area contributed by atoms with Crippen LogP contribution in [-0.2, 0) is 9.47 Å². The van der Waals surface area contributed by atoms with Crippen LogP contribution in [0.3, 0.4) is 0 Å². The number of Topliss-reactive ketones (excluding diaryl/α,β-unsaturated/α-hetero) is 1. The third kappa shape index (κ3) is 4.25. The molecule has 0 fully saturated rings. The minimum absolute atomic E-state index is 0.0314. The highest BCUT2D eigenvalue weighted by atomic mass is 19.3. The van der Waals surface area contributed by atoms with E-state index in [4.69, 9.17) is 4.42 Å². The summed E-state index contributed by atoms with van der Waals surface area (Å²) in [5.74, 6) is -1.24. The zero-order chi connectivity index (χ0) is 13.5. The van der Waals surface area contributed by atoms with Gasteiger partial charge in [-0.25, -0.2) is 13.6 Å². The Balaban J connectivity index is 2.42. The van der Waals surface area contributed by atoms with Crippen LogP contribution < -0.4 is 0 Å². The van der Waals surface area contributed by atoms with Gasteiger partial charge in [0.25, 0.3) is 6.43 Å². The lowest BCUT2D eigenvalue weighted by atomic mass is 10.2. The van der Waals surface area contributed by atoms with Crippen molar-refractivity contribution < 1.29 is 32.3 Å². The molecule has 18 heavy (non-hydrogen) atoms. The number of ketones is 1. The summed E-state index contributed by atoms with van der Waals surface area (Å²) in [6.07, 6.45) is -2.66. The number of furan rings is 1. The van der Waals surface area contributed by atoms with Crippen LogP contribution in [0.15, 0.2) is 16.5 Å². The van der Waals surface area contributed by atoms with Crippen molar-refractivity contribution in [2.45, 2.75) is 12.8 Å². The topological polar surface area (TPSA) is 65.7 Å². The second-order valence-corrected chi connectivity index (χ2v) is 3.29. The van der Waals surface area contributed by atoms with Gasteiger partial charge in [-0.2, -0.15) is 0 Å². The number of halogens is 2. The molecule has 7 heteroatoms. The van der Waals surface area contributed by atoms with E-state index in [-0.39, 0.29) is 24.5 Å². The van der Waals surface area contributed by atoms with Crippen LogP contribution in [0.25, 0.3) is 0 Å². The van der Waals surface area contributed by atoms with Crippen LogP contribution in [0.1, 0.15) is 27.5 Å². The molecule has 0 unspecified atom stereocenters. The summed E-state index contributed by atoms with van der Waals surface area (Å²) in [4.78, 5) is 22.5. The van der Waals surface area contributed by atoms with Crippen molar-refractivity contribution >= 4 is 11.8 Å². The number of methoxy groups -OCH3 is 1. The Morgan fingerprint density at radius 1 is 1.33 bits per heavy atom. The van der Waals surface area contributed by atoms with Crippen LogP contribution in [-0.4, -0.2) is 38.5 Å². The van der Waals surface area contributed by atoms with Gasteiger partial charge in [0.15, 0.2) is 11.5 Å². The predicted octanol–water partition coefficient (Wildman–Crippen LogP) is 1.92. The molecule has 0 aliphatic rings. The summed E-state index contributed by atoms with van der Waals surface area (Å²) in [5, 5.41) is 0. The molecule has 0 N–H and O–H groups in total. The molecular weight excluding hydrogens is 250 g/mol. The van der Waals surface area contributed by atoms with E-state index in [1.54, 1.807) is 0 Å². The zero-order valence-electron chi connectivity index (χ0n) is 9.65. The lowest BCUT2D eigenvalue weighted by Crippen LogP contribution is -2.09. The Labute approximate surface area is 102 Å². The molecule has 0 spiro atoms. The van der Waals surface area contributed by atoms with Gasteiger partial charge in [-0.15, -0.1) is 0 Å². The van der Waals surface area contributed by atoms with Gasteiger partial charge in [-0.05, 0) is 12.1 Å². The summed E-state index contributed by atoms with van der Waals surface area (Å²) < 4.78 is 37.4. The van der Waals surface area contributed by atoms with Gasteiger partial charge in [-0.3, -0.25) is 4.79 Å². The molecule has 0 saturated carbocycles. The molecule has 5 nitrogen and oxygen atoms in total. The summed E-state index contributed by atoms with van der Waals surface area (Å²) in [6.45, 7) is -0.837. The molecule has 0 atom stereocenters. The molecular formula is C11H12F2O5. The second kappa shape index (κ2) is 6.85. The predicted molar refractivity (Wildman–Crippen MR) is 55.8 cm³/mol. The van der Waals surface area contributed by atoms with Crippen molar-refractivity contribution in [3.63, 3.8) is 0 Å². The number of carbonyl (C=O) groups excluding carboxylic acids is 2. The van der Waals surface area contributed by atoms with Crippen molar-refractivity contribution in [2.75, 3.05) is 20.3 Å². The maximum absolute atomic E-state index is 11.7. The first-order chi connectivity index (χ1) is 8.54. The van der Waals surface area contributed by atoms with E-state index in [0.717, 1.165) is 0 Å². The monoisotopic (exact) mass is 262 g/mol.